The summed E-state index contributed by atoms with van der Waals surface area (Å²) in [6, 6.07) is 2.20. The Balaban J connectivity index is 2.60. The highest BCUT2D eigenvalue weighted by atomic mass is 16.5. The van der Waals surface area contributed by atoms with Gasteiger partial charge in [-0.1, -0.05) is 6.42 Å². The van der Waals surface area contributed by atoms with Gasteiger partial charge in [0.05, 0.1) is 0 Å². The largest absolute Gasteiger partial charge is 0.345 e. The number of nitrogens with one attached hydrogen (secondary N) is 2. The van der Waals surface area contributed by atoms with E-state index in [1.165, 1.54) is 0 Å². The van der Waals surface area contributed by atoms with Crippen LogP contribution in [0.3, 0.4) is 0 Å². The first-order chi connectivity index (χ1) is 3.41. The molecule has 0 aliphatic rings. The molecule has 3 nitrogen and oxygen atoms in total. The highest BCUT2D eigenvalue weighted by Gasteiger charge is 1.74. The van der Waals surface area contributed by atoms with Crippen LogP contribution in [0.4, 0.5) is 0 Å². The molecule has 0 aromatic rings. The van der Waals surface area contributed by atoms with Crippen molar-refractivity contribution in [3.63, 3.8) is 0 Å². The standard InChI is InChI=1S/C4H8N2O/c1-2-5-3-4-6-7/h1,5-7H,3-4H2. The van der Waals surface area contributed by atoms with Gasteiger partial charge in [-0.2, -0.15) is 0 Å². The molecule has 0 bridgehead atoms. The Kier molecular flexibility index (Phi) is 4.74. The summed E-state index contributed by atoms with van der Waals surface area (Å²) in [6.45, 7) is 1.07. The van der Waals surface area contributed by atoms with Gasteiger partial charge >= 0.3 is 0 Å². The van der Waals surface area contributed by atoms with Gasteiger partial charge in [-0.05, 0) is 0 Å². The maximum atomic E-state index is 7.93. The quantitative estimate of drug-likeness (QED) is 0.187. The van der Waals surface area contributed by atoms with Gasteiger partial charge in [0.2, 0.25) is 0 Å². The molecule has 0 heterocycles. The van der Waals surface area contributed by atoms with Crippen LogP contribution >= 0.6 is 0 Å². The van der Waals surface area contributed by atoms with Crippen molar-refractivity contribution in [2.24, 2.45) is 0 Å². The van der Waals surface area contributed by atoms with Crippen LogP contribution in [0.25, 0.3) is 0 Å². The van der Waals surface area contributed by atoms with Gasteiger partial charge in [0.25, 0.3) is 0 Å². The van der Waals surface area contributed by atoms with Crippen LogP contribution in [-0.4, -0.2) is 18.3 Å². The van der Waals surface area contributed by atoms with E-state index in [1.807, 2.05) is 5.48 Å². The molecular weight excluding hydrogens is 92.1 g/mol. The molecule has 0 unspecified atom stereocenters. The summed E-state index contributed by atoms with van der Waals surface area (Å²) in [7, 11) is 0. The molecule has 7 heavy (non-hydrogen) atoms. The van der Waals surface area contributed by atoms with Crippen LogP contribution < -0.4 is 10.8 Å². The van der Waals surface area contributed by atoms with Crippen molar-refractivity contribution < 1.29 is 5.21 Å². The van der Waals surface area contributed by atoms with Crippen molar-refractivity contribution in [2.45, 2.75) is 0 Å². The molecule has 40 valence electrons. The predicted octanol–water partition coefficient (Wildman–Crippen LogP) is -0.855. The molecule has 3 N–H and O–H groups in total. The third-order valence-corrected chi connectivity index (χ3v) is 0.464. The molecule has 0 amide bonds. The lowest BCUT2D eigenvalue weighted by Crippen LogP contribution is -2.21. The van der Waals surface area contributed by atoms with Gasteiger partial charge in [0.15, 0.2) is 0 Å². The number of terminal acetylenes is 1. The van der Waals surface area contributed by atoms with Crippen molar-refractivity contribution in [1.29, 1.82) is 0 Å². The SMILES string of the molecule is C#CNCCNO. The molecule has 0 atom stereocenters. The molecule has 0 aromatic carbocycles. The summed E-state index contributed by atoms with van der Waals surface area (Å²) < 4.78 is 0. The highest BCUT2D eigenvalue weighted by molar-refractivity contribution is 4.79. The number of rotatable bonds is 3. The van der Waals surface area contributed by atoms with E-state index < -0.39 is 0 Å². The molecule has 0 rings (SSSR count). The third-order valence-electron chi connectivity index (χ3n) is 0.464. The lowest BCUT2D eigenvalue weighted by molar-refractivity contribution is 0.169. The molecule has 0 fully saturated rings. The Morgan fingerprint density at radius 1 is 1.57 bits per heavy atom. The number of hydroxylamine groups is 1. The predicted molar refractivity (Wildman–Crippen MR) is 26.6 cm³/mol. The maximum absolute atomic E-state index is 7.93. The maximum Gasteiger partial charge on any atom is 0.0388 e. The second-order valence-corrected chi connectivity index (χ2v) is 0.979. The van der Waals surface area contributed by atoms with Crippen molar-refractivity contribution in [2.75, 3.05) is 13.1 Å². The monoisotopic (exact) mass is 100 g/mol. The summed E-state index contributed by atoms with van der Waals surface area (Å²) in [5.41, 5.74) is 1.94. The number of hydrogen-bond donors (Lipinski definition) is 3. The Hall–Kier alpha value is -0.720. The summed E-state index contributed by atoms with van der Waals surface area (Å²) >= 11 is 0. The molecular formula is C4H8N2O. The Morgan fingerprint density at radius 2 is 2.29 bits per heavy atom. The average molecular weight is 100 g/mol. The minimum absolute atomic E-state index is 0.476. The van der Waals surface area contributed by atoms with E-state index in [4.69, 9.17) is 11.6 Å². The second kappa shape index (κ2) is 5.28. The molecule has 0 aromatic heterocycles. The van der Waals surface area contributed by atoms with Crippen LogP contribution in [0.5, 0.6) is 0 Å². The summed E-state index contributed by atoms with van der Waals surface area (Å²) in [6.07, 6.45) is 4.80. The topological polar surface area (TPSA) is 44.3 Å². The smallest absolute Gasteiger partial charge is 0.0388 e. The zero-order valence-corrected chi connectivity index (χ0v) is 3.94. The van der Waals surface area contributed by atoms with E-state index in [9.17, 15) is 0 Å². The zero-order valence-electron chi connectivity index (χ0n) is 3.94. The average Bonchev–Trinajstić information content (AvgIpc) is 1.69. The number of hydrogen-bond acceptors (Lipinski definition) is 3. The van der Waals surface area contributed by atoms with E-state index in [0.29, 0.717) is 13.1 Å². The minimum Gasteiger partial charge on any atom is -0.345 e. The molecule has 3 heteroatoms. The van der Waals surface area contributed by atoms with Crippen LogP contribution in [0.2, 0.25) is 0 Å². The van der Waals surface area contributed by atoms with Gasteiger partial charge < -0.3 is 10.5 Å². The van der Waals surface area contributed by atoms with E-state index >= 15 is 0 Å². The van der Waals surface area contributed by atoms with Gasteiger partial charge in [0.1, 0.15) is 0 Å². The van der Waals surface area contributed by atoms with Gasteiger partial charge in [0, 0.05) is 19.1 Å². The van der Waals surface area contributed by atoms with E-state index in [-0.39, 0.29) is 0 Å². The van der Waals surface area contributed by atoms with Crippen LogP contribution in [0.1, 0.15) is 0 Å². The Bertz CT molecular complexity index is 66.6. The first-order valence-electron chi connectivity index (χ1n) is 1.97. The first-order valence-corrected chi connectivity index (χ1v) is 1.97. The zero-order chi connectivity index (χ0) is 5.54. The lowest BCUT2D eigenvalue weighted by Gasteiger charge is -1.92. The van der Waals surface area contributed by atoms with Crippen LogP contribution in [-0.2, 0) is 0 Å². The summed E-state index contributed by atoms with van der Waals surface area (Å²) in [4.78, 5) is 0. The van der Waals surface area contributed by atoms with Crippen molar-refractivity contribution in [3.05, 3.63) is 0 Å². The fraction of sp³-hybridized carbons (Fsp3) is 0.500. The Morgan fingerprint density at radius 3 is 2.71 bits per heavy atom. The normalized spacial score (nSPS) is 7.43. The van der Waals surface area contributed by atoms with Crippen LogP contribution in [0, 0.1) is 12.5 Å². The first kappa shape index (κ1) is 6.28. The summed E-state index contributed by atoms with van der Waals surface area (Å²) in [5, 5.41) is 10.5. The third kappa shape index (κ3) is 5.28. The Labute approximate surface area is 42.7 Å². The van der Waals surface area contributed by atoms with Crippen molar-refractivity contribution in [1.82, 2.24) is 10.8 Å². The van der Waals surface area contributed by atoms with Crippen molar-refractivity contribution in [3.8, 4) is 12.5 Å². The van der Waals surface area contributed by atoms with Gasteiger partial charge in [-0.25, -0.2) is 5.48 Å². The summed E-state index contributed by atoms with van der Waals surface area (Å²) in [5.74, 6) is 0. The molecule has 0 spiro atoms. The second-order valence-electron chi connectivity index (χ2n) is 0.979. The molecule has 0 saturated carbocycles. The fourth-order valence-electron chi connectivity index (χ4n) is 0.191. The van der Waals surface area contributed by atoms with Gasteiger partial charge in [-0.15, -0.1) is 0 Å². The fourth-order valence-corrected chi connectivity index (χ4v) is 0.191. The van der Waals surface area contributed by atoms with Gasteiger partial charge in [-0.3, -0.25) is 0 Å². The molecule has 0 radical (unpaired) electrons. The molecule has 0 aliphatic carbocycles. The van der Waals surface area contributed by atoms with E-state index in [2.05, 4.69) is 11.4 Å². The lowest BCUT2D eigenvalue weighted by atomic mass is 10.6. The molecule has 0 aliphatic heterocycles. The van der Waals surface area contributed by atoms with E-state index in [0.717, 1.165) is 0 Å². The van der Waals surface area contributed by atoms with Crippen molar-refractivity contribution >= 4 is 0 Å². The van der Waals surface area contributed by atoms with Crippen LogP contribution in [0.15, 0.2) is 0 Å². The van der Waals surface area contributed by atoms with E-state index in [1.54, 1.807) is 0 Å². The minimum atomic E-state index is 0.476. The highest BCUT2D eigenvalue weighted by Crippen LogP contribution is 1.47. The molecule has 0 saturated heterocycles.